The summed E-state index contributed by atoms with van der Waals surface area (Å²) < 4.78 is 59.0. The molecule has 110 valence electrons. The number of anilines is 1. The summed E-state index contributed by atoms with van der Waals surface area (Å²) in [5.74, 6) is 0. The highest BCUT2D eigenvalue weighted by Gasteiger charge is 2.46. The molecule has 1 aromatic rings. The minimum Gasteiger partial charge on any atom is -0.269 e. The van der Waals surface area contributed by atoms with Crippen molar-refractivity contribution in [1.29, 1.82) is 0 Å². The van der Waals surface area contributed by atoms with E-state index in [1.807, 2.05) is 0 Å². The van der Waals surface area contributed by atoms with Crippen molar-refractivity contribution in [2.45, 2.75) is 5.51 Å². The predicted octanol–water partition coefficient (Wildman–Crippen LogP) is 1.76. The molecule has 0 unspecified atom stereocenters. The fraction of sp³-hybridized carbons (Fsp3) is 0.143. The van der Waals surface area contributed by atoms with Crippen LogP contribution in [0, 0.1) is 20.2 Å². The number of rotatable bonds is 4. The van der Waals surface area contributed by atoms with E-state index in [-0.39, 0.29) is 0 Å². The third-order valence-corrected chi connectivity index (χ3v) is 3.04. The number of non-ortho nitro benzene ring substituents is 1. The summed E-state index contributed by atoms with van der Waals surface area (Å²) in [5.41, 5.74) is -8.65. The molecule has 20 heavy (non-hydrogen) atoms. The van der Waals surface area contributed by atoms with Gasteiger partial charge in [0.1, 0.15) is 5.69 Å². The molecule has 0 saturated heterocycles. The Morgan fingerprint density at radius 1 is 1.10 bits per heavy atom. The maximum atomic E-state index is 12.1. The fourth-order valence-electron chi connectivity index (χ4n) is 1.07. The smallest absolute Gasteiger partial charge is 0.269 e. The van der Waals surface area contributed by atoms with Gasteiger partial charge in [-0.15, -0.1) is 0 Å². The molecule has 0 radical (unpaired) electrons. The molecule has 0 saturated carbocycles. The summed E-state index contributed by atoms with van der Waals surface area (Å²) in [7, 11) is -5.86. The van der Waals surface area contributed by atoms with Gasteiger partial charge in [0, 0.05) is 6.07 Å². The number of halogens is 3. The maximum absolute atomic E-state index is 12.1. The van der Waals surface area contributed by atoms with Crippen LogP contribution in [0.1, 0.15) is 0 Å². The molecular weight excluding hydrogens is 311 g/mol. The molecule has 0 atom stereocenters. The lowest BCUT2D eigenvalue weighted by Gasteiger charge is -2.10. The van der Waals surface area contributed by atoms with Crippen LogP contribution in [0.3, 0.4) is 0 Å². The van der Waals surface area contributed by atoms with Gasteiger partial charge >= 0.3 is 15.5 Å². The van der Waals surface area contributed by atoms with Crippen molar-refractivity contribution in [3.63, 3.8) is 0 Å². The Morgan fingerprint density at radius 2 is 1.65 bits per heavy atom. The Bertz CT molecular complexity index is 671. The lowest BCUT2D eigenvalue weighted by Crippen LogP contribution is -2.30. The summed E-state index contributed by atoms with van der Waals surface area (Å²) in [6.07, 6.45) is 0. The van der Waals surface area contributed by atoms with Gasteiger partial charge in [0.2, 0.25) is 0 Å². The minimum absolute atomic E-state index is 0.341. The number of nitrogens with one attached hydrogen (secondary N) is 1. The SMILES string of the molecule is O=[N+]([O-])c1ccc(NS(=O)(=O)C(F)(F)F)c([N+](=O)[O-])c1. The van der Waals surface area contributed by atoms with Gasteiger partial charge in [-0.1, -0.05) is 0 Å². The second-order valence-electron chi connectivity index (χ2n) is 3.27. The minimum atomic E-state index is -5.86. The summed E-state index contributed by atoms with van der Waals surface area (Å²) >= 11 is 0. The van der Waals surface area contributed by atoms with Gasteiger partial charge in [-0.25, -0.2) is 0 Å². The van der Waals surface area contributed by atoms with E-state index in [1.54, 1.807) is 0 Å². The highest BCUT2D eigenvalue weighted by molar-refractivity contribution is 7.93. The third kappa shape index (κ3) is 3.11. The van der Waals surface area contributed by atoms with E-state index in [1.165, 1.54) is 0 Å². The van der Waals surface area contributed by atoms with E-state index in [4.69, 9.17) is 0 Å². The van der Waals surface area contributed by atoms with Crippen LogP contribution in [-0.4, -0.2) is 23.8 Å². The molecule has 0 amide bonds. The number of nitro benzene ring substituents is 2. The molecule has 0 heterocycles. The van der Waals surface area contributed by atoms with Crippen LogP contribution in [0.4, 0.5) is 30.2 Å². The highest BCUT2D eigenvalue weighted by Crippen LogP contribution is 2.32. The number of nitro groups is 2. The van der Waals surface area contributed by atoms with Gasteiger partial charge in [-0.05, 0) is 6.07 Å². The number of hydrogen-bond acceptors (Lipinski definition) is 6. The number of nitrogens with zero attached hydrogens (tertiary/aromatic N) is 2. The average Bonchev–Trinajstić information content (AvgIpc) is 2.26. The first-order valence-corrected chi connectivity index (χ1v) is 5.96. The molecule has 1 rings (SSSR count). The van der Waals surface area contributed by atoms with Crippen molar-refractivity contribution in [2.24, 2.45) is 0 Å². The van der Waals surface area contributed by atoms with Crippen LogP contribution in [0.2, 0.25) is 0 Å². The highest BCUT2D eigenvalue weighted by atomic mass is 32.2. The standard InChI is InChI=1S/C7H4F3N3O6S/c8-7(9,10)20(18,19)11-5-2-1-4(12(14)15)3-6(5)13(16)17/h1-3,11H. The predicted molar refractivity (Wildman–Crippen MR) is 58.3 cm³/mol. The van der Waals surface area contributed by atoms with E-state index < -0.39 is 42.4 Å². The largest absolute Gasteiger partial charge is 0.516 e. The van der Waals surface area contributed by atoms with Crippen molar-refractivity contribution < 1.29 is 31.4 Å². The summed E-state index contributed by atoms with van der Waals surface area (Å²) in [4.78, 5) is 18.7. The number of benzene rings is 1. The van der Waals surface area contributed by atoms with E-state index in [0.29, 0.717) is 18.2 Å². The second-order valence-corrected chi connectivity index (χ2v) is 4.94. The van der Waals surface area contributed by atoms with Crippen LogP contribution in [0.15, 0.2) is 18.2 Å². The molecule has 1 N–H and O–H groups in total. The van der Waals surface area contributed by atoms with Crippen molar-refractivity contribution >= 4 is 27.1 Å². The van der Waals surface area contributed by atoms with Crippen LogP contribution in [0.5, 0.6) is 0 Å². The molecule has 1 aromatic carbocycles. The van der Waals surface area contributed by atoms with Gasteiger partial charge in [-0.3, -0.25) is 25.0 Å². The number of alkyl halides is 3. The topological polar surface area (TPSA) is 132 Å². The Morgan fingerprint density at radius 3 is 2.05 bits per heavy atom. The lowest BCUT2D eigenvalue weighted by molar-refractivity contribution is -0.393. The van der Waals surface area contributed by atoms with Crippen molar-refractivity contribution in [1.82, 2.24) is 0 Å². The quantitative estimate of drug-likeness (QED) is 0.665. The molecule has 0 aliphatic heterocycles. The van der Waals surface area contributed by atoms with E-state index in [9.17, 15) is 41.8 Å². The lowest BCUT2D eigenvalue weighted by atomic mass is 10.2. The Kier molecular flexibility index (Phi) is 3.84. The molecule has 0 fully saturated rings. The molecule has 0 spiro atoms. The first kappa shape index (κ1) is 15.6. The summed E-state index contributed by atoms with van der Waals surface area (Å²) in [6.45, 7) is 0. The van der Waals surface area contributed by atoms with Crippen molar-refractivity contribution in [3.8, 4) is 0 Å². The number of sulfonamides is 1. The summed E-state index contributed by atoms with van der Waals surface area (Å²) in [6, 6.07) is 1.47. The number of hydrogen-bond donors (Lipinski definition) is 1. The van der Waals surface area contributed by atoms with E-state index >= 15 is 0 Å². The van der Waals surface area contributed by atoms with Gasteiger partial charge < -0.3 is 0 Å². The van der Waals surface area contributed by atoms with E-state index in [2.05, 4.69) is 0 Å². The van der Waals surface area contributed by atoms with Crippen LogP contribution >= 0.6 is 0 Å². The molecule has 9 nitrogen and oxygen atoms in total. The van der Waals surface area contributed by atoms with Gasteiger partial charge in [0.05, 0.1) is 15.9 Å². The van der Waals surface area contributed by atoms with Crippen LogP contribution < -0.4 is 4.72 Å². The Labute approximate surface area is 108 Å². The first-order chi connectivity index (χ1) is 8.95. The second kappa shape index (κ2) is 4.92. The molecular formula is C7H4F3N3O6S. The average molecular weight is 315 g/mol. The normalized spacial score (nSPS) is 11.9. The zero-order valence-corrected chi connectivity index (χ0v) is 9.93. The summed E-state index contributed by atoms with van der Waals surface area (Å²) in [5, 5.41) is 21.0. The zero-order chi connectivity index (χ0) is 15.7. The fourth-order valence-corrected chi connectivity index (χ4v) is 1.65. The van der Waals surface area contributed by atoms with Gasteiger partial charge in [-0.2, -0.15) is 21.6 Å². The monoisotopic (exact) mass is 315 g/mol. The van der Waals surface area contributed by atoms with Gasteiger partial charge in [0.25, 0.3) is 11.4 Å². The molecule has 0 aliphatic carbocycles. The van der Waals surface area contributed by atoms with Crippen LogP contribution in [-0.2, 0) is 10.0 Å². The maximum Gasteiger partial charge on any atom is 0.516 e. The molecule has 0 bridgehead atoms. The molecule has 0 aromatic heterocycles. The van der Waals surface area contributed by atoms with Gasteiger partial charge in [0.15, 0.2) is 0 Å². The Balaban J connectivity index is 3.34. The van der Waals surface area contributed by atoms with E-state index in [0.717, 1.165) is 4.72 Å². The molecule has 13 heteroatoms. The molecule has 0 aliphatic rings. The van der Waals surface area contributed by atoms with Crippen molar-refractivity contribution in [3.05, 3.63) is 38.4 Å². The van der Waals surface area contributed by atoms with Crippen LogP contribution in [0.25, 0.3) is 0 Å². The zero-order valence-electron chi connectivity index (χ0n) is 9.12. The first-order valence-electron chi connectivity index (χ1n) is 4.47. The Hall–Kier alpha value is -2.44. The van der Waals surface area contributed by atoms with Crippen molar-refractivity contribution in [2.75, 3.05) is 4.72 Å². The third-order valence-electron chi connectivity index (χ3n) is 1.94.